The number of nitrogens with one attached hydrogen (secondary N) is 1. The van der Waals surface area contributed by atoms with Crippen molar-refractivity contribution in [2.45, 2.75) is 18.9 Å². The van der Waals surface area contributed by atoms with Crippen LogP contribution in [0, 0.1) is 0 Å². The summed E-state index contributed by atoms with van der Waals surface area (Å²) in [6.07, 6.45) is 3.47. The molecule has 1 aromatic heterocycles. The summed E-state index contributed by atoms with van der Waals surface area (Å²) in [5.41, 5.74) is 7.66. The van der Waals surface area contributed by atoms with Gasteiger partial charge in [-0.05, 0) is 24.1 Å². The number of amides is 1. The minimum absolute atomic E-state index is 0.0601. The Hall–Kier alpha value is -2.20. The van der Waals surface area contributed by atoms with E-state index in [-0.39, 0.29) is 24.4 Å². The van der Waals surface area contributed by atoms with Crippen molar-refractivity contribution in [1.29, 1.82) is 0 Å². The number of rotatable bonds is 5. The second kappa shape index (κ2) is 6.82. The standard InChI is InChI=1S/C16H19N3O/c1-12(14-8-5-9-18-11-14)19-16(20)15(10-17)13-6-3-2-4-7-13/h2-9,11-12,15H,10,17H2,1H3,(H,19,20)/t12-,15?/m1/s1. The van der Waals surface area contributed by atoms with Gasteiger partial charge in [-0.2, -0.15) is 0 Å². The van der Waals surface area contributed by atoms with Gasteiger partial charge in [0.2, 0.25) is 5.91 Å². The number of carbonyl (C=O) groups is 1. The third-order valence-corrected chi connectivity index (χ3v) is 3.30. The number of hydrogen-bond acceptors (Lipinski definition) is 3. The van der Waals surface area contributed by atoms with Crippen molar-refractivity contribution in [2.75, 3.05) is 6.54 Å². The van der Waals surface area contributed by atoms with Crippen molar-refractivity contribution in [2.24, 2.45) is 5.73 Å². The molecule has 104 valence electrons. The molecule has 4 heteroatoms. The van der Waals surface area contributed by atoms with Gasteiger partial charge in [0.25, 0.3) is 0 Å². The van der Waals surface area contributed by atoms with E-state index in [0.29, 0.717) is 0 Å². The lowest BCUT2D eigenvalue weighted by molar-refractivity contribution is -0.123. The molecule has 1 aromatic carbocycles. The first-order valence-electron chi connectivity index (χ1n) is 6.67. The summed E-state index contributed by atoms with van der Waals surface area (Å²) in [6.45, 7) is 2.23. The molecule has 0 aliphatic heterocycles. The van der Waals surface area contributed by atoms with Gasteiger partial charge in [-0.15, -0.1) is 0 Å². The highest BCUT2D eigenvalue weighted by atomic mass is 16.1. The van der Waals surface area contributed by atoms with Crippen LogP contribution in [0.1, 0.15) is 30.0 Å². The predicted molar refractivity (Wildman–Crippen MR) is 79.0 cm³/mol. The largest absolute Gasteiger partial charge is 0.349 e. The first-order valence-corrected chi connectivity index (χ1v) is 6.67. The number of aromatic nitrogens is 1. The average Bonchev–Trinajstić information content (AvgIpc) is 2.50. The summed E-state index contributed by atoms with van der Waals surface area (Å²) in [6, 6.07) is 13.3. The molecule has 0 radical (unpaired) electrons. The van der Waals surface area contributed by atoms with Crippen LogP contribution in [-0.2, 0) is 4.79 Å². The smallest absolute Gasteiger partial charge is 0.229 e. The maximum atomic E-state index is 12.3. The van der Waals surface area contributed by atoms with Crippen molar-refractivity contribution in [3.05, 3.63) is 66.0 Å². The van der Waals surface area contributed by atoms with Gasteiger partial charge >= 0.3 is 0 Å². The van der Waals surface area contributed by atoms with Gasteiger partial charge < -0.3 is 11.1 Å². The van der Waals surface area contributed by atoms with Crippen LogP contribution >= 0.6 is 0 Å². The summed E-state index contributed by atoms with van der Waals surface area (Å²) in [7, 11) is 0. The lowest BCUT2D eigenvalue weighted by Gasteiger charge is -2.19. The maximum absolute atomic E-state index is 12.3. The lowest BCUT2D eigenvalue weighted by atomic mass is 9.97. The van der Waals surface area contributed by atoms with Crippen LogP contribution < -0.4 is 11.1 Å². The molecular formula is C16H19N3O. The minimum Gasteiger partial charge on any atom is -0.349 e. The fraction of sp³-hybridized carbons (Fsp3) is 0.250. The van der Waals surface area contributed by atoms with E-state index in [1.807, 2.05) is 49.4 Å². The number of carbonyl (C=O) groups excluding carboxylic acids is 1. The van der Waals surface area contributed by atoms with Gasteiger partial charge in [0.1, 0.15) is 0 Å². The number of pyridine rings is 1. The van der Waals surface area contributed by atoms with Crippen LogP contribution in [0.4, 0.5) is 0 Å². The normalized spacial score (nSPS) is 13.5. The zero-order valence-electron chi connectivity index (χ0n) is 11.5. The molecule has 2 aromatic rings. The zero-order chi connectivity index (χ0) is 14.4. The predicted octanol–water partition coefficient (Wildman–Crippen LogP) is 2.00. The summed E-state index contributed by atoms with van der Waals surface area (Å²) in [4.78, 5) is 16.4. The first-order chi connectivity index (χ1) is 9.72. The van der Waals surface area contributed by atoms with E-state index >= 15 is 0 Å². The second-order valence-corrected chi connectivity index (χ2v) is 4.72. The molecule has 1 heterocycles. The zero-order valence-corrected chi connectivity index (χ0v) is 11.5. The van der Waals surface area contributed by atoms with Crippen molar-refractivity contribution in [1.82, 2.24) is 10.3 Å². The summed E-state index contributed by atoms with van der Waals surface area (Å²) >= 11 is 0. The summed E-state index contributed by atoms with van der Waals surface area (Å²) < 4.78 is 0. The molecule has 0 saturated heterocycles. The van der Waals surface area contributed by atoms with Crippen LogP contribution in [-0.4, -0.2) is 17.4 Å². The lowest BCUT2D eigenvalue weighted by Crippen LogP contribution is -2.35. The molecule has 0 fully saturated rings. The van der Waals surface area contributed by atoms with Gasteiger partial charge in [0, 0.05) is 18.9 Å². The van der Waals surface area contributed by atoms with E-state index in [2.05, 4.69) is 10.3 Å². The van der Waals surface area contributed by atoms with Gasteiger partial charge in [-0.1, -0.05) is 36.4 Å². The highest BCUT2D eigenvalue weighted by molar-refractivity contribution is 5.84. The molecular weight excluding hydrogens is 250 g/mol. The Kier molecular flexibility index (Phi) is 4.85. The third-order valence-electron chi connectivity index (χ3n) is 3.30. The van der Waals surface area contributed by atoms with E-state index in [1.54, 1.807) is 12.4 Å². The van der Waals surface area contributed by atoms with E-state index in [9.17, 15) is 4.79 Å². The highest BCUT2D eigenvalue weighted by Crippen LogP contribution is 2.17. The maximum Gasteiger partial charge on any atom is 0.229 e. The Morgan fingerprint density at radius 3 is 2.50 bits per heavy atom. The number of hydrogen-bond donors (Lipinski definition) is 2. The molecule has 0 aliphatic carbocycles. The van der Waals surface area contributed by atoms with Crippen LogP contribution in [0.2, 0.25) is 0 Å². The van der Waals surface area contributed by atoms with Gasteiger partial charge in [-0.25, -0.2) is 0 Å². The molecule has 0 saturated carbocycles. The SMILES string of the molecule is C[C@@H](NC(=O)C(CN)c1ccccc1)c1cccnc1. The Bertz CT molecular complexity index is 542. The van der Waals surface area contributed by atoms with Gasteiger partial charge in [0.15, 0.2) is 0 Å². The Labute approximate surface area is 119 Å². The fourth-order valence-electron chi connectivity index (χ4n) is 2.11. The summed E-state index contributed by atoms with van der Waals surface area (Å²) in [5.74, 6) is -0.384. The number of benzene rings is 1. The molecule has 1 unspecified atom stereocenters. The van der Waals surface area contributed by atoms with Crippen molar-refractivity contribution in [3.63, 3.8) is 0 Å². The number of nitrogens with two attached hydrogens (primary N) is 1. The molecule has 2 atom stereocenters. The molecule has 0 aliphatic rings. The van der Waals surface area contributed by atoms with E-state index in [1.165, 1.54) is 0 Å². The molecule has 20 heavy (non-hydrogen) atoms. The highest BCUT2D eigenvalue weighted by Gasteiger charge is 2.20. The monoisotopic (exact) mass is 269 g/mol. The minimum atomic E-state index is -0.324. The Balaban J connectivity index is 2.07. The molecule has 1 amide bonds. The van der Waals surface area contributed by atoms with Gasteiger partial charge in [-0.3, -0.25) is 9.78 Å². The second-order valence-electron chi connectivity index (χ2n) is 4.72. The van der Waals surface area contributed by atoms with Gasteiger partial charge in [0.05, 0.1) is 12.0 Å². The van der Waals surface area contributed by atoms with Crippen molar-refractivity contribution < 1.29 is 4.79 Å². The first kappa shape index (κ1) is 14.2. The fourth-order valence-corrected chi connectivity index (χ4v) is 2.11. The quantitative estimate of drug-likeness (QED) is 0.872. The molecule has 0 bridgehead atoms. The van der Waals surface area contributed by atoms with E-state index < -0.39 is 0 Å². The van der Waals surface area contributed by atoms with E-state index in [0.717, 1.165) is 11.1 Å². The topological polar surface area (TPSA) is 68.0 Å². The third kappa shape index (κ3) is 3.42. The molecule has 2 rings (SSSR count). The van der Waals surface area contributed by atoms with Crippen LogP contribution in [0.15, 0.2) is 54.9 Å². The van der Waals surface area contributed by atoms with Crippen LogP contribution in [0.3, 0.4) is 0 Å². The summed E-state index contributed by atoms with van der Waals surface area (Å²) in [5, 5.41) is 2.99. The van der Waals surface area contributed by atoms with Crippen molar-refractivity contribution >= 4 is 5.91 Å². The molecule has 4 nitrogen and oxygen atoms in total. The molecule has 0 spiro atoms. The molecule has 3 N–H and O–H groups in total. The van der Waals surface area contributed by atoms with Crippen molar-refractivity contribution in [3.8, 4) is 0 Å². The van der Waals surface area contributed by atoms with E-state index in [4.69, 9.17) is 5.73 Å². The van der Waals surface area contributed by atoms with Crippen LogP contribution in [0.25, 0.3) is 0 Å². The average molecular weight is 269 g/mol. The Morgan fingerprint density at radius 2 is 1.90 bits per heavy atom. The number of nitrogens with zero attached hydrogens (tertiary/aromatic N) is 1. The van der Waals surface area contributed by atoms with Crippen LogP contribution in [0.5, 0.6) is 0 Å². The Morgan fingerprint density at radius 1 is 1.20 bits per heavy atom.